The second-order valence-corrected chi connectivity index (χ2v) is 8.19. The van der Waals surface area contributed by atoms with Crippen LogP contribution in [0.4, 0.5) is 4.39 Å². The molecule has 0 radical (unpaired) electrons. The largest absolute Gasteiger partial charge is 0.488 e. The summed E-state index contributed by atoms with van der Waals surface area (Å²) < 4.78 is 26.1. The van der Waals surface area contributed by atoms with Crippen LogP contribution in [0.1, 0.15) is 75.2 Å². The van der Waals surface area contributed by atoms with E-state index in [2.05, 4.69) is 12.2 Å². The number of nitrogens with one attached hydrogen (secondary N) is 1. The number of esters is 1. The van der Waals surface area contributed by atoms with Crippen LogP contribution >= 0.6 is 0 Å². The number of hydrogen-bond acceptors (Lipinski definition) is 4. The summed E-state index contributed by atoms with van der Waals surface area (Å²) in [4.78, 5) is 12.3. The predicted molar refractivity (Wildman–Crippen MR) is 94.7 cm³/mol. The quantitative estimate of drug-likeness (QED) is 0.829. The number of carbonyl (C=O) groups excluding carboxylic acids is 1. The van der Waals surface area contributed by atoms with E-state index < -0.39 is 17.4 Å². The van der Waals surface area contributed by atoms with Gasteiger partial charge >= 0.3 is 5.97 Å². The smallest absolute Gasteiger partial charge is 0.341 e. The second-order valence-electron chi connectivity index (χ2n) is 8.19. The third kappa shape index (κ3) is 4.51. The predicted octanol–water partition coefficient (Wildman–Crippen LogP) is 4.18. The summed E-state index contributed by atoms with van der Waals surface area (Å²) in [6, 6.07) is 3.24. The monoisotopic (exact) mass is 349 g/mol. The van der Waals surface area contributed by atoms with Gasteiger partial charge in [-0.15, -0.1) is 0 Å². The third-order valence-electron chi connectivity index (χ3n) is 4.70. The number of benzene rings is 1. The highest BCUT2D eigenvalue weighted by Gasteiger charge is 2.32. The molecular formula is C20H28FNO3. The van der Waals surface area contributed by atoms with Crippen LogP contribution in [0.2, 0.25) is 0 Å². The van der Waals surface area contributed by atoms with Crippen LogP contribution < -0.4 is 10.1 Å². The first kappa shape index (κ1) is 18.2. The second kappa shape index (κ2) is 6.94. The minimum absolute atomic E-state index is 0.000933. The fraction of sp³-hybridized carbons (Fsp3) is 0.650. The lowest BCUT2D eigenvalue weighted by molar-refractivity contribution is 0.00644. The highest BCUT2D eigenvalue weighted by Crippen LogP contribution is 2.45. The van der Waals surface area contributed by atoms with E-state index in [1.165, 1.54) is 6.07 Å². The molecule has 1 aromatic rings. The lowest BCUT2D eigenvalue weighted by atomic mass is 10.0. The normalized spacial score (nSPS) is 24.0. The van der Waals surface area contributed by atoms with Gasteiger partial charge in [-0.3, -0.25) is 0 Å². The van der Waals surface area contributed by atoms with E-state index in [4.69, 9.17) is 9.47 Å². The van der Waals surface area contributed by atoms with Crippen molar-refractivity contribution in [1.82, 2.24) is 5.32 Å². The Hall–Kier alpha value is -1.62. The van der Waals surface area contributed by atoms with E-state index in [0.29, 0.717) is 11.7 Å². The standard InChI is InChI=1S/C20H28FNO3/c1-12-17(6-5-9-22-12)24-18-11-16(21)15(10-14(18)13-7-8-13)19(23)25-20(2,3)4/h10-13,17,22H,5-9H2,1-4H3/t12-,17-/m1/s1. The molecule has 4 nitrogen and oxygen atoms in total. The number of hydrogen-bond donors (Lipinski definition) is 1. The molecule has 1 aliphatic carbocycles. The fourth-order valence-corrected chi connectivity index (χ4v) is 3.22. The van der Waals surface area contributed by atoms with E-state index in [1.54, 1.807) is 26.8 Å². The van der Waals surface area contributed by atoms with Gasteiger partial charge in [0, 0.05) is 12.1 Å². The van der Waals surface area contributed by atoms with Crippen molar-refractivity contribution in [3.8, 4) is 5.75 Å². The van der Waals surface area contributed by atoms with Crippen molar-refractivity contribution in [3.63, 3.8) is 0 Å². The molecule has 1 saturated carbocycles. The van der Waals surface area contributed by atoms with Gasteiger partial charge in [-0.2, -0.15) is 0 Å². The van der Waals surface area contributed by atoms with Crippen LogP contribution in [-0.2, 0) is 4.74 Å². The number of ether oxygens (including phenoxy) is 2. The molecule has 2 atom stereocenters. The van der Waals surface area contributed by atoms with Gasteiger partial charge < -0.3 is 14.8 Å². The molecular weight excluding hydrogens is 321 g/mol. The summed E-state index contributed by atoms with van der Waals surface area (Å²) >= 11 is 0. The minimum Gasteiger partial charge on any atom is -0.488 e. The fourth-order valence-electron chi connectivity index (χ4n) is 3.22. The van der Waals surface area contributed by atoms with Gasteiger partial charge in [-0.25, -0.2) is 9.18 Å². The molecule has 138 valence electrons. The molecule has 1 aliphatic heterocycles. The number of halogens is 1. The van der Waals surface area contributed by atoms with Crippen molar-refractivity contribution in [2.24, 2.45) is 0 Å². The summed E-state index contributed by atoms with van der Waals surface area (Å²) in [5, 5.41) is 3.39. The average molecular weight is 349 g/mol. The van der Waals surface area contributed by atoms with E-state index in [9.17, 15) is 9.18 Å². The highest BCUT2D eigenvalue weighted by molar-refractivity contribution is 5.90. The first-order valence-electron chi connectivity index (χ1n) is 9.21. The van der Waals surface area contributed by atoms with Gasteiger partial charge in [-0.05, 0) is 77.5 Å². The summed E-state index contributed by atoms with van der Waals surface area (Å²) in [5.41, 5.74) is 0.278. The molecule has 1 aromatic carbocycles. The molecule has 25 heavy (non-hydrogen) atoms. The Morgan fingerprint density at radius 2 is 1.96 bits per heavy atom. The average Bonchev–Trinajstić information content (AvgIpc) is 3.32. The Kier molecular flexibility index (Phi) is 5.05. The van der Waals surface area contributed by atoms with E-state index in [-0.39, 0.29) is 17.7 Å². The molecule has 5 heteroatoms. The molecule has 2 fully saturated rings. The number of rotatable bonds is 4. The SMILES string of the molecule is C[C@H]1NCCC[C@H]1Oc1cc(F)c(C(=O)OC(C)(C)C)cc1C1CC1. The zero-order valence-corrected chi connectivity index (χ0v) is 15.5. The van der Waals surface area contributed by atoms with Crippen molar-refractivity contribution in [1.29, 1.82) is 0 Å². The van der Waals surface area contributed by atoms with Crippen LogP contribution in [0, 0.1) is 5.82 Å². The van der Waals surface area contributed by atoms with Crippen molar-refractivity contribution in [3.05, 3.63) is 29.1 Å². The topological polar surface area (TPSA) is 47.6 Å². The molecule has 2 aliphatic rings. The van der Waals surface area contributed by atoms with Gasteiger partial charge in [0.25, 0.3) is 0 Å². The van der Waals surface area contributed by atoms with Gasteiger partial charge in [0.15, 0.2) is 0 Å². The number of carbonyl (C=O) groups is 1. The minimum atomic E-state index is -0.651. The summed E-state index contributed by atoms with van der Waals surface area (Å²) in [7, 11) is 0. The molecule has 1 saturated heterocycles. The maximum Gasteiger partial charge on any atom is 0.341 e. The van der Waals surface area contributed by atoms with E-state index >= 15 is 0 Å². The van der Waals surface area contributed by atoms with Crippen molar-refractivity contribution >= 4 is 5.97 Å². The van der Waals surface area contributed by atoms with Crippen LogP contribution in [0.15, 0.2) is 12.1 Å². The molecule has 0 amide bonds. The van der Waals surface area contributed by atoms with Gasteiger partial charge in [0.05, 0.1) is 5.56 Å². The number of piperidine rings is 1. The summed E-state index contributed by atoms with van der Waals surface area (Å²) in [6.45, 7) is 8.41. The molecule has 0 spiro atoms. The summed E-state index contributed by atoms with van der Waals surface area (Å²) in [5.74, 6) is -0.271. The maximum absolute atomic E-state index is 14.6. The molecule has 0 bridgehead atoms. The molecule has 1 heterocycles. The lowest BCUT2D eigenvalue weighted by Crippen LogP contribution is -2.45. The van der Waals surface area contributed by atoms with Crippen LogP contribution in [0.25, 0.3) is 0 Å². The zero-order chi connectivity index (χ0) is 18.2. The Morgan fingerprint density at radius 1 is 1.24 bits per heavy atom. The zero-order valence-electron chi connectivity index (χ0n) is 15.5. The first-order chi connectivity index (χ1) is 11.7. The maximum atomic E-state index is 14.6. The third-order valence-corrected chi connectivity index (χ3v) is 4.70. The van der Waals surface area contributed by atoms with Crippen LogP contribution in [0.3, 0.4) is 0 Å². The summed E-state index contributed by atoms with van der Waals surface area (Å²) in [6.07, 6.45) is 4.13. The highest BCUT2D eigenvalue weighted by atomic mass is 19.1. The van der Waals surface area contributed by atoms with Crippen LogP contribution in [-0.4, -0.2) is 30.3 Å². The molecule has 3 rings (SSSR count). The Bertz CT molecular complexity index is 649. The van der Waals surface area contributed by atoms with Crippen LogP contribution in [0.5, 0.6) is 5.75 Å². The first-order valence-corrected chi connectivity index (χ1v) is 9.21. The van der Waals surface area contributed by atoms with Crippen molar-refractivity contribution in [2.45, 2.75) is 77.0 Å². The van der Waals surface area contributed by atoms with Gasteiger partial charge in [0.2, 0.25) is 0 Å². The van der Waals surface area contributed by atoms with Gasteiger partial charge in [-0.1, -0.05) is 0 Å². The van der Waals surface area contributed by atoms with Crippen molar-refractivity contribution < 1.29 is 18.7 Å². The molecule has 1 N–H and O–H groups in total. The van der Waals surface area contributed by atoms with Gasteiger partial charge in [0.1, 0.15) is 23.3 Å². The lowest BCUT2D eigenvalue weighted by Gasteiger charge is -2.31. The molecule has 0 aromatic heterocycles. The van der Waals surface area contributed by atoms with Crippen molar-refractivity contribution in [2.75, 3.05) is 6.54 Å². The Balaban J connectivity index is 1.86. The Morgan fingerprint density at radius 3 is 2.56 bits per heavy atom. The van der Waals surface area contributed by atoms with E-state index in [1.807, 2.05) is 0 Å². The van der Waals surface area contributed by atoms with E-state index in [0.717, 1.165) is 37.8 Å². The molecule has 0 unspecified atom stereocenters. The Labute approximate surface area is 149 Å².